The first kappa shape index (κ1) is 18.0. The summed E-state index contributed by atoms with van der Waals surface area (Å²) in [6.45, 7) is 3.72. The van der Waals surface area contributed by atoms with Crippen LogP contribution in [0.4, 0.5) is 0 Å². The highest BCUT2D eigenvalue weighted by Crippen LogP contribution is 2.37. The summed E-state index contributed by atoms with van der Waals surface area (Å²) in [7, 11) is 0. The Hall–Kier alpha value is -2.37. The van der Waals surface area contributed by atoms with Gasteiger partial charge in [-0.15, -0.1) is 0 Å². The number of carbonyl (C=O) groups is 3. The third kappa shape index (κ3) is 3.75. The topological polar surface area (TPSA) is 84.5 Å². The van der Waals surface area contributed by atoms with Crippen molar-refractivity contribution in [2.45, 2.75) is 45.1 Å². The highest BCUT2D eigenvalue weighted by Gasteiger charge is 2.47. The molecule has 1 aromatic rings. The van der Waals surface area contributed by atoms with Crippen molar-refractivity contribution in [1.82, 2.24) is 10.6 Å². The predicted octanol–water partition coefficient (Wildman–Crippen LogP) is 1.42. The molecule has 2 amide bonds. The van der Waals surface area contributed by atoms with Crippen LogP contribution in [-0.4, -0.2) is 30.9 Å². The fourth-order valence-electron chi connectivity index (χ4n) is 3.04. The number of benzene rings is 1. The van der Waals surface area contributed by atoms with Crippen LogP contribution >= 0.6 is 0 Å². The van der Waals surface area contributed by atoms with Crippen LogP contribution in [0.5, 0.6) is 0 Å². The maximum absolute atomic E-state index is 12.6. The second-order valence-electron chi connectivity index (χ2n) is 5.86. The number of nitrogens with one attached hydrogen (secondary N) is 2. The maximum Gasteiger partial charge on any atom is 0.336 e. The van der Waals surface area contributed by atoms with E-state index in [4.69, 9.17) is 4.74 Å². The van der Waals surface area contributed by atoms with Crippen LogP contribution in [0, 0.1) is 0 Å². The van der Waals surface area contributed by atoms with Crippen LogP contribution in [0.2, 0.25) is 0 Å². The van der Waals surface area contributed by atoms with Gasteiger partial charge in [-0.2, -0.15) is 0 Å². The van der Waals surface area contributed by atoms with Crippen LogP contribution < -0.4 is 10.6 Å². The number of aryl methyl sites for hydroxylation is 1. The van der Waals surface area contributed by atoms with Gasteiger partial charge >= 0.3 is 5.97 Å². The molecule has 6 heteroatoms. The summed E-state index contributed by atoms with van der Waals surface area (Å²) in [6.07, 6.45) is 2.24. The molecule has 0 bridgehead atoms. The molecule has 0 aromatic heterocycles. The standard InChI is InChI=1S/C18H24N2O4/c1-3-7-15(21)19-12-16(22)20-18(17(23)24-4-2)11-10-13-8-5-6-9-14(13)18/h5-6,8-9H,3-4,7,10-12H2,1-2H3,(H,19,21)(H,20,22)/t18-/m1/s1. The van der Waals surface area contributed by atoms with E-state index in [0.29, 0.717) is 25.7 Å². The van der Waals surface area contributed by atoms with Gasteiger partial charge in [0.15, 0.2) is 5.54 Å². The van der Waals surface area contributed by atoms with Gasteiger partial charge < -0.3 is 15.4 Å². The van der Waals surface area contributed by atoms with Gasteiger partial charge in [0.2, 0.25) is 11.8 Å². The molecule has 24 heavy (non-hydrogen) atoms. The van der Waals surface area contributed by atoms with E-state index in [9.17, 15) is 14.4 Å². The molecule has 130 valence electrons. The van der Waals surface area contributed by atoms with Crippen LogP contribution in [0.1, 0.15) is 44.2 Å². The number of esters is 1. The SMILES string of the molecule is CCCC(=O)NCC(=O)N[C@]1(C(=O)OCC)CCc2ccccc21. The molecule has 1 aromatic carbocycles. The number of carbonyl (C=O) groups excluding carboxylic acids is 3. The molecule has 6 nitrogen and oxygen atoms in total. The number of fused-ring (bicyclic) bond motifs is 1. The van der Waals surface area contributed by atoms with E-state index in [0.717, 1.165) is 11.1 Å². The summed E-state index contributed by atoms with van der Waals surface area (Å²) >= 11 is 0. The lowest BCUT2D eigenvalue weighted by Crippen LogP contribution is -2.53. The number of rotatable bonds is 7. The zero-order valence-corrected chi connectivity index (χ0v) is 14.2. The minimum absolute atomic E-state index is 0.151. The van der Waals surface area contributed by atoms with E-state index in [1.807, 2.05) is 31.2 Å². The lowest BCUT2D eigenvalue weighted by Gasteiger charge is -2.29. The Labute approximate surface area is 142 Å². The van der Waals surface area contributed by atoms with E-state index in [1.165, 1.54) is 0 Å². The Morgan fingerprint density at radius 3 is 2.62 bits per heavy atom. The average molecular weight is 332 g/mol. The Balaban J connectivity index is 2.16. The van der Waals surface area contributed by atoms with Crippen molar-refractivity contribution in [2.75, 3.05) is 13.2 Å². The van der Waals surface area contributed by atoms with Crippen molar-refractivity contribution in [3.8, 4) is 0 Å². The van der Waals surface area contributed by atoms with E-state index in [1.54, 1.807) is 6.92 Å². The number of ether oxygens (including phenoxy) is 1. The van der Waals surface area contributed by atoms with Crippen molar-refractivity contribution < 1.29 is 19.1 Å². The molecular weight excluding hydrogens is 308 g/mol. The number of hydrogen-bond donors (Lipinski definition) is 2. The van der Waals surface area contributed by atoms with E-state index < -0.39 is 17.4 Å². The first-order chi connectivity index (χ1) is 11.5. The fourth-order valence-corrected chi connectivity index (χ4v) is 3.04. The Morgan fingerprint density at radius 2 is 1.92 bits per heavy atom. The van der Waals surface area contributed by atoms with Crippen molar-refractivity contribution >= 4 is 17.8 Å². The van der Waals surface area contributed by atoms with E-state index >= 15 is 0 Å². The molecule has 1 atom stereocenters. The monoisotopic (exact) mass is 332 g/mol. The minimum atomic E-state index is -1.17. The molecule has 0 heterocycles. The van der Waals surface area contributed by atoms with Gasteiger partial charge in [0.25, 0.3) is 0 Å². The van der Waals surface area contributed by atoms with Crippen molar-refractivity contribution in [3.05, 3.63) is 35.4 Å². The molecule has 0 saturated heterocycles. The quantitative estimate of drug-likeness (QED) is 0.740. The second-order valence-corrected chi connectivity index (χ2v) is 5.86. The predicted molar refractivity (Wildman–Crippen MR) is 89.1 cm³/mol. The summed E-state index contributed by atoms with van der Waals surface area (Å²) in [5.74, 6) is -1.03. The molecule has 0 spiro atoms. The largest absolute Gasteiger partial charge is 0.464 e. The molecular formula is C18H24N2O4. The van der Waals surface area contributed by atoms with Crippen molar-refractivity contribution in [1.29, 1.82) is 0 Å². The van der Waals surface area contributed by atoms with E-state index in [-0.39, 0.29) is 19.1 Å². The molecule has 2 rings (SSSR count). The van der Waals surface area contributed by atoms with Crippen molar-refractivity contribution in [2.24, 2.45) is 0 Å². The Morgan fingerprint density at radius 1 is 1.17 bits per heavy atom. The summed E-state index contributed by atoms with van der Waals surface area (Å²) < 4.78 is 5.21. The first-order valence-corrected chi connectivity index (χ1v) is 8.36. The molecule has 0 radical (unpaired) electrons. The smallest absolute Gasteiger partial charge is 0.336 e. The summed E-state index contributed by atoms with van der Waals surface area (Å²) in [5.41, 5.74) is 0.636. The minimum Gasteiger partial charge on any atom is -0.464 e. The van der Waals surface area contributed by atoms with Gasteiger partial charge in [0, 0.05) is 6.42 Å². The molecule has 1 aliphatic carbocycles. The van der Waals surface area contributed by atoms with Gasteiger partial charge in [-0.1, -0.05) is 31.2 Å². The van der Waals surface area contributed by atoms with Gasteiger partial charge in [0.1, 0.15) is 0 Å². The van der Waals surface area contributed by atoms with Crippen LogP contribution in [-0.2, 0) is 31.1 Å². The lowest BCUT2D eigenvalue weighted by atomic mass is 9.91. The zero-order chi connectivity index (χ0) is 17.6. The number of hydrogen-bond acceptors (Lipinski definition) is 4. The van der Waals surface area contributed by atoms with Gasteiger partial charge in [0.05, 0.1) is 13.2 Å². The van der Waals surface area contributed by atoms with E-state index in [2.05, 4.69) is 10.6 Å². The third-order valence-electron chi connectivity index (χ3n) is 4.15. The van der Waals surface area contributed by atoms with Crippen LogP contribution in [0.25, 0.3) is 0 Å². The lowest BCUT2D eigenvalue weighted by molar-refractivity contribution is -0.153. The second kappa shape index (κ2) is 7.95. The van der Waals surface area contributed by atoms with Gasteiger partial charge in [-0.25, -0.2) is 4.79 Å². The Kier molecular flexibility index (Phi) is 5.95. The normalized spacial score (nSPS) is 18.6. The molecule has 0 aliphatic heterocycles. The average Bonchev–Trinajstić information content (AvgIpc) is 2.94. The first-order valence-electron chi connectivity index (χ1n) is 8.36. The van der Waals surface area contributed by atoms with Crippen LogP contribution in [0.3, 0.4) is 0 Å². The molecule has 0 fully saturated rings. The van der Waals surface area contributed by atoms with Crippen molar-refractivity contribution in [3.63, 3.8) is 0 Å². The van der Waals surface area contributed by atoms with Gasteiger partial charge in [-0.05, 0) is 37.3 Å². The summed E-state index contributed by atoms with van der Waals surface area (Å²) in [5, 5.41) is 5.37. The van der Waals surface area contributed by atoms with Gasteiger partial charge in [-0.3, -0.25) is 9.59 Å². The molecule has 2 N–H and O–H groups in total. The highest BCUT2D eigenvalue weighted by atomic mass is 16.5. The highest BCUT2D eigenvalue weighted by molar-refractivity contribution is 5.92. The fraction of sp³-hybridized carbons (Fsp3) is 0.500. The maximum atomic E-state index is 12.6. The number of amides is 2. The third-order valence-corrected chi connectivity index (χ3v) is 4.15. The summed E-state index contributed by atoms with van der Waals surface area (Å²) in [6, 6.07) is 7.54. The zero-order valence-electron chi connectivity index (χ0n) is 14.2. The molecule has 0 unspecified atom stereocenters. The summed E-state index contributed by atoms with van der Waals surface area (Å²) in [4.78, 5) is 36.4. The van der Waals surface area contributed by atoms with Crippen LogP contribution in [0.15, 0.2) is 24.3 Å². The molecule has 0 saturated carbocycles. The Bertz CT molecular complexity index is 629. The molecule has 1 aliphatic rings.